The molecule has 0 aromatic heterocycles. The van der Waals surface area contributed by atoms with Crippen molar-refractivity contribution in [3.63, 3.8) is 0 Å². The Morgan fingerprint density at radius 2 is 2.10 bits per heavy atom. The number of aliphatic hydroxyl groups excluding tert-OH is 1. The number of hydrogen-bond acceptors (Lipinski definition) is 3. The van der Waals surface area contributed by atoms with Crippen LogP contribution in [-0.2, 0) is 4.79 Å². The molecule has 1 N–H and O–H groups in total. The average molecular weight is 272 g/mol. The number of likely N-dealkylation sites (N-methyl/N-ethyl adjacent to an activating group) is 1. The second kappa shape index (κ2) is 6.56. The van der Waals surface area contributed by atoms with Gasteiger partial charge in [-0.3, -0.25) is 4.79 Å². The SMILES string of the molecule is CN(C)CC1CC(O)CN1C(=O)C#Cc1ccccc1. The molecule has 0 aliphatic carbocycles. The standard InChI is InChI=1S/C16H20N2O2/c1-17(2)11-14-10-15(19)12-18(14)16(20)9-8-13-6-4-3-5-7-13/h3-7,14-15,19H,10-12H2,1-2H3. The van der Waals surface area contributed by atoms with Crippen molar-refractivity contribution in [2.24, 2.45) is 0 Å². The summed E-state index contributed by atoms with van der Waals surface area (Å²) in [6.07, 6.45) is 0.180. The van der Waals surface area contributed by atoms with Gasteiger partial charge in [0.15, 0.2) is 0 Å². The first-order chi connectivity index (χ1) is 9.56. The molecule has 0 spiro atoms. The van der Waals surface area contributed by atoms with Crippen LogP contribution >= 0.6 is 0 Å². The van der Waals surface area contributed by atoms with Crippen LogP contribution in [0.2, 0.25) is 0 Å². The van der Waals surface area contributed by atoms with Gasteiger partial charge >= 0.3 is 0 Å². The Balaban J connectivity index is 2.06. The van der Waals surface area contributed by atoms with Crippen molar-refractivity contribution in [2.45, 2.75) is 18.6 Å². The summed E-state index contributed by atoms with van der Waals surface area (Å²) in [6.45, 7) is 1.12. The first kappa shape index (κ1) is 14.6. The molecule has 0 saturated carbocycles. The van der Waals surface area contributed by atoms with Crippen LogP contribution in [0.15, 0.2) is 30.3 Å². The van der Waals surface area contributed by atoms with Crippen LogP contribution in [0.3, 0.4) is 0 Å². The number of carbonyl (C=O) groups is 1. The van der Waals surface area contributed by atoms with Gasteiger partial charge < -0.3 is 14.9 Å². The minimum absolute atomic E-state index is 0.0394. The molecule has 4 heteroatoms. The summed E-state index contributed by atoms with van der Waals surface area (Å²) in [5.41, 5.74) is 0.824. The molecule has 0 bridgehead atoms. The second-order valence-corrected chi connectivity index (χ2v) is 5.38. The highest BCUT2D eigenvalue weighted by atomic mass is 16.3. The molecule has 2 atom stereocenters. The van der Waals surface area contributed by atoms with E-state index in [1.54, 1.807) is 4.90 Å². The lowest BCUT2D eigenvalue weighted by atomic mass is 10.2. The Hall–Kier alpha value is -1.83. The summed E-state index contributed by atoms with van der Waals surface area (Å²) in [6, 6.07) is 9.48. The Kier molecular flexibility index (Phi) is 4.78. The van der Waals surface area contributed by atoms with E-state index in [1.807, 2.05) is 49.3 Å². The molecule has 106 valence electrons. The molecule has 1 aromatic rings. The zero-order chi connectivity index (χ0) is 14.5. The van der Waals surface area contributed by atoms with Crippen molar-refractivity contribution in [2.75, 3.05) is 27.2 Å². The molecule has 2 rings (SSSR count). The number of aliphatic hydroxyl groups is 1. The summed E-state index contributed by atoms with van der Waals surface area (Å²) < 4.78 is 0. The van der Waals surface area contributed by atoms with Gasteiger partial charge in [0.05, 0.1) is 6.10 Å². The van der Waals surface area contributed by atoms with E-state index < -0.39 is 6.10 Å². The Morgan fingerprint density at radius 1 is 1.40 bits per heavy atom. The molecule has 2 unspecified atom stereocenters. The van der Waals surface area contributed by atoms with Gasteiger partial charge in [0, 0.05) is 30.6 Å². The highest BCUT2D eigenvalue weighted by molar-refractivity contribution is 5.94. The zero-order valence-electron chi connectivity index (χ0n) is 11.9. The van der Waals surface area contributed by atoms with Crippen LogP contribution in [0, 0.1) is 11.8 Å². The Labute approximate surface area is 120 Å². The third-order valence-corrected chi connectivity index (χ3v) is 3.32. The fraction of sp³-hybridized carbons (Fsp3) is 0.438. The topological polar surface area (TPSA) is 43.8 Å². The molecule has 1 amide bonds. The maximum atomic E-state index is 12.2. The van der Waals surface area contributed by atoms with Crippen molar-refractivity contribution in [1.82, 2.24) is 9.80 Å². The zero-order valence-corrected chi connectivity index (χ0v) is 11.9. The molecule has 1 aromatic carbocycles. The quantitative estimate of drug-likeness (QED) is 0.800. The third-order valence-electron chi connectivity index (χ3n) is 3.32. The van der Waals surface area contributed by atoms with Gasteiger partial charge in [-0.15, -0.1) is 0 Å². The predicted octanol–water partition coefficient (Wildman–Crippen LogP) is 0.561. The number of nitrogens with zero attached hydrogens (tertiary/aromatic N) is 2. The first-order valence-corrected chi connectivity index (χ1v) is 6.76. The predicted molar refractivity (Wildman–Crippen MR) is 78.0 cm³/mol. The van der Waals surface area contributed by atoms with Gasteiger partial charge in [-0.05, 0) is 32.6 Å². The molecule has 1 fully saturated rings. The first-order valence-electron chi connectivity index (χ1n) is 6.76. The number of rotatable bonds is 2. The Bertz CT molecular complexity index is 516. The highest BCUT2D eigenvalue weighted by Crippen LogP contribution is 2.18. The van der Waals surface area contributed by atoms with Gasteiger partial charge in [-0.25, -0.2) is 0 Å². The van der Waals surface area contributed by atoms with Crippen molar-refractivity contribution >= 4 is 5.91 Å². The summed E-state index contributed by atoms with van der Waals surface area (Å²) in [5.74, 6) is 5.33. The molecule has 20 heavy (non-hydrogen) atoms. The van der Waals surface area contributed by atoms with Crippen LogP contribution in [0.5, 0.6) is 0 Å². The maximum absolute atomic E-state index is 12.2. The maximum Gasteiger partial charge on any atom is 0.299 e. The van der Waals surface area contributed by atoms with Crippen molar-refractivity contribution < 1.29 is 9.90 Å². The molecule has 1 aliphatic rings. The lowest BCUT2D eigenvalue weighted by Gasteiger charge is -2.24. The molecular formula is C16H20N2O2. The number of β-amino-alcohol motifs (C(OH)–C–C–N with tert-alkyl or cyclic N) is 1. The minimum atomic E-state index is -0.442. The molecule has 1 aliphatic heterocycles. The molecule has 4 nitrogen and oxygen atoms in total. The lowest BCUT2D eigenvalue weighted by molar-refractivity contribution is -0.126. The molecule has 1 heterocycles. The third kappa shape index (κ3) is 3.83. The van der Waals surface area contributed by atoms with Crippen LogP contribution in [-0.4, -0.2) is 60.1 Å². The van der Waals surface area contributed by atoms with Crippen LogP contribution in [0.4, 0.5) is 0 Å². The fourth-order valence-corrected chi connectivity index (χ4v) is 2.45. The summed E-state index contributed by atoms with van der Waals surface area (Å²) in [5, 5.41) is 9.76. The number of hydrogen-bond donors (Lipinski definition) is 1. The molecule has 0 radical (unpaired) electrons. The van der Waals surface area contributed by atoms with Crippen molar-refractivity contribution in [1.29, 1.82) is 0 Å². The lowest BCUT2D eigenvalue weighted by Crippen LogP contribution is -2.40. The second-order valence-electron chi connectivity index (χ2n) is 5.38. The van der Waals surface area contributed by atoms with E-state index in [-0.39, 0.29) is 11.9 Å². The van der Waals surface area contributed by atoms with Gasteiger partial charge in [0.2, 0.25) is 0 Å². The largest absolute Gasteiger partial charge is 0.391 e. The summed E-state index contributed by atoms with van der Waals surface area (Å²) in [7, 11) is 3.92. The fourth-order valence-electron chi connectivity index (χ4n) is 2.45. The normalized spacial score (nSPS) is 21.7. The number of amides is 1. The van der Waals surface area contributed by atoms with Gasteiger partial charge in [-0.1, -0.05) is 24.1 Å². The van der Waals surface area contributed by atoms with Crippen molar-refractivity contribution in [3.8, 4) is 11.8 Å². The molecule has 1 saturated heterocycles. The highest BCUT2D eigenvalue weighted by Gasteiger charge is 2.33. The number of benzene rings is 1. The number of carbonyl (C=O) groups excluding carboxylic acids is 1. The van der Waals surface area contributed by atoms with E-state index >= 15 is 0 Å². The summed E-state index contributed by atoms with van der Waals surface area (Å²) in [4.78, 5) is 15.9. The Morgan fingerprint density at radius 3 is 2.75 bits per heavy atom. The van der Waals surface area contributed by atoms with E-state index in [2.05, 4.69) is 11.8 Å². The van der Waals surface area contributed by atoms with Crippen LogP contribution < -0.4 is 0 Å². The smallest absolute Gasteiger partial charge is 0.299 e. The summed E-state index contributed by atoms with van der Waals surface area (Å²) >= 11 is 0. The van der Waals surface area contributed by atoms with Gasteiger partial charge in [0.1, 0.15) is 0 Å². The van der Waals surface area contributed by atoms with Crippen molar-refractivity contribution in [3.05, 3.63) is 35.9 Å². The molecular weight excluding hydrogens is 252 g/mol. The number of likely N-dealkylation sites (tertiary alicyclic amines) is 1. The van der Waals surface area contributed by atoms with Gasteiger partial charge in [0.25, 0.3) is 5.91 Å². The van der Waals surface area contributed by atoms with E-state index in [0.29, 0.717) is 13.0 Å². The van der Waals surface area contributed by atoms with Crippen LogP contribution in [0.1, 0.15) is 12.0 Å². The minimum Gasteiger partial charge on any atom is -0.391 e. The van der Waals surface area contributed by atoms with E-state index in [0.717, 1.165) is 12.1 Å². The van der Waals surface area contributed by atoms with E-state index in [4.69, 9.17) is 0 Å². The monoisotopic (exact) mass is 272 g/mol. The van der Waals surface area contributed by atoms with Gasteiger partial charge in [-0.2, -0.15) is 0 Å². The van der Waals surface area contributed by atoms with E-state index in [1.165, 1.54) is 0 Å². The average Bonchev–Trinajstić information content (AvgIpc) is 2.77. The van der Waals surface area contributed by atoms with E-state index in [9.17, 15) is 9.90 Å². The van der Waals surface area contributed by atoms with Crippen LogP contribution in [0.25, 0.3) is 0 Å².